The molecule has 0 bridgehead atoms. The lowest BCUT2D eigenvalue weighted by molar-refractivity contribution is -0.131. The molecule has 1 aliphatic heterocycles. The van der Waals surface area contributed by atoms with Crippen LogP contribution in [0.25, 0.3) is 0 Å². The van der Waals surface area contributed by atoms with Gasteiger partial charge in [0.15, 0.2) is 0 Å². The Morgan fingerprint density at radius 1 is 1.16 bits per heavy atom. The van der Waals surface area contributed by atoms with E-state index in [-0.39, 0.29) is 29.9 Å². The molecule has 0 saturated carbocycles. The molecule has 32 heavy (non-hydrogen) atoms. The van der Waals surface area contributed by atoms with E-state index in [0.29, 0.717) is 33.0 Å². The lowest BCUT2D eigenvalue weighted by Gasteiger charge is -2.23. The molecule has 2 aromatic carbocycles. The molecule has 0 aliphatic carbocycles. The minimum Gasteiger partial charge on any atom is -0.486 e. The zero-order chi connectivity index (χ0) is 22.7. The van der Waals surface area contributed by atoms with Gasteiger partial charge in [-0.1, -0.05) is 47.5 Å². The summed E-state index contributed by atoms with van der Waals surface area (Å²) in [5.41, 5.74) is 1.21. The molecule has 1 aromatic heterocycles. The molecule has 0 unspecified atom stereocenters. The van der Waals surface area contributed by atoms with Gasteiger partial charge < -0.3 is 14.7 Å². The van der Waals surface area contributed by atoms with Crippen LogP contribution in [0.4, 0.5) is 0 Å². The van der Waals surface area contributed by atoms with Crippen molar-refractivity contribution in [2.45, 2.75) is 31.9 Å². The number of nitrogens with zero attached hydrogens (tertiary/aromatic N) is 2. The Hall–Kier alpha value is -2.61. The number of carbonyl (C=O) groups excluding carboxylic acids is 1. The third-order valence-corrected chi connectivity index (χ3v) is 6.99. The maximum atomic E-state index is 13.0. The van der Waals surface area contributed by atoms with E-state index in [1.807, 2.05) is 12.1 Å². The highest BCUT2D eigenvalue weighted by molar-refractivity contribution is 7.13. The van der Waals surface area contributed by atoms with Gasteiger partial charge in [0, 0.05) is 11.6 Å². The topological polar surface area (TPSA) is 79.7 Å². The van der Waals surface area contributed by atoms with Crippen molar-refractivity contribution in [1.82, 2.24) is 9.88 Å². The number of benzene rings is 2. The van der Waals surface area contributed by atoms with Crippen LogP contribution in [-0.4, -0.2) is 33.4 Å². The molecule has 0 radical (unpaired) electrons. The predicted octanol–water partition coefficient (Wildman–Crippen LogP) is 5.63. The Kier molecular flexibility index (Phi) is 6.98. The molecule has 3 aromatic rings. The fourth-order valence-electron chi connectivity index (χ4n) is 3.69. The van der Waals surface area contributed by atoms with Gasteiger partial charge in [0.05, 0.1) is 17.5 Å². The molecule has 166 valence electrons. The van der Waals surface area contributed by atoms with E-state index in [0.717, 1.165) is 29.7 Å². The van der Waals surface area contributed by atoms with Gasteiger partial charge in [-0.2, -0.15) is 0 Å². The lowest BCUT2D eigenvalue weighted by Crippen LogP contribution is -2.31. The number of halogens is 2. The van der Waals surface area contributed by atoms with Crippen LogP contribution in [0.5, 0.6) is 5.75 Å². The van der Waals surface area contributed by atoms with Crippen LogP contribution < -0.4 is 4.74 Å². The highest BCUT2D eigenvalue weighted by Gasteiger charge is 2.33. The van der Waals surface area contributed by atoms with Crippen LogP contribution in [-0.2, 0) is 17.8 Å². The van der Waals surface area contributed by atoms with Crippen molar-refractivity contribution in [2.24, 2.45) is 0 Å². The second-order valence-corrected chi connectivity index (χ2v) is 9.27. The zero-order valence-electron chi connectivity index (χ0n) is 17.0. The lowest BCUT2D eigenvalue weighted by atomic mass is 10.1. The molecule has 1 atom stereocenters. The SMILES string of the molecule is O=C(O)c1sc([C@H]2CCCN2C(=O)Cc2ccc(Cl)cc2)nc1COc1ccccc1Cl. The molecule has 6 nitrogen and oxygen atoms in total. The molecule has 1 amide bonds. The fourth-order valence-corrected chi connectivity index (χ4v) is 5.06. The van der Waals surface area contributed by atoms with Crippen molar-refractivity contribution in [3.8, 4) is 5.75 Å². The monoisotopic (exact) mass is 490 g/mol. The summed E-state index contributed by atoms with van der Waals surface area (Å²) in [5, 5.41) is 11.3. The molecule has 1 saturated heterocycles. The Morgan fingerprint density at radius 2 is 1.91 bits per heavy atom. The first kappa shape index (κ1) is 22.6. The number of amides is 1. The second kappa shape index (κ2) is 9.90. The minimum atomic E-state index is -1.07. The van der Waals surface area contributed by atoms with E-state index in [4.69, 9.17) is 27.9 Å². The van der Waals surface area contributed by atoms with Gasteiger partial charge in [-0.15, -0.1) is 11.3 Å². The van der Waals surface area contributed by atoms with Crippen LogP contribution in [0.15, 0.2) is 48.5 Å². The Morgan fingerprint density at radius 3 is 2.62 bits per heavy atom. The maximum absolute atomic E-state index is 13.0. The van der Waals surface area contributed by atoms with E-state index in [2.05, 4.69) is 4.98 Å². The number of hydrogen-bond acceptors (Lipinski definition) is 5. The van der Waals surface area contributed by atoms with Gasteiger partial charge in [-0.05, 0) is 42.7 Å². The minimum absolute atomic E-state index is 0.0178. The maximum Gasteiger partial charge on any atom is 0.347 e. The third-order valence-electron chi connectivity index (χ3n) is 5.24. The second-order valence-electron chi connectivity index (χ2n) is 7.40. The average molecular weight is 491 g/mol. The summed E-state index contributed by atoms with van der Waals surface area (Å²) in [5.74, 6) is -0.625. The number of likely N-dealkylation sites (tertiary alicyclic amines) is 1. The van der Waals surface area contributed by atoms with Crippen LogP contribution in [0.1, 0.15) is 44.8 Å². The van der Waals surface area contributed by atoms with Crippen LogP contribution >= 0.6 is 34.5 Å². The van der Waals surface area contributed by atoms with Crippen LogP contribution in [0.3, 0.4) is 0 Å². The highest BCUT2D eigenvalue weighted by Crippen LogP contribution is 2.36. The smallest absolute Gasteiger partial charge is 0.347 e. The third kappa shape index (κ3) is 5.06. The summed E-state index contributed by atoms with van der Waals surface area (Å²) in [6, 6.07) is 13.9. The van der Waals surface area contributed by atoms with Gasteiger partial charge in [0.2, 0.25) is 5.91 Å². The number of aromatic nitrogens is 1. The van der Waals surface area contributed by atoms with E-state index in [1.54, 1.807) is 41.3 Å². The van der Waals surface area contributed by atoms with E-state index >= 15 is 0 Å². The Balaban J connectivity index is 1.52. The summed E-state index contributed by atoms with van der Waals surface area (Å²) >= 11 is 13.1. The largest absolute Gasteiger partial charge is 0.486 e. The quantitative estimate of drug-likeness (QED) is 0.463. The number of thiazole rings is 1. The summed E-state index contributed by atoms with van der Waals surface area (Å²) in [6.45, 7) is 0.595. The standard InChI is InChI=1S/C23H20Cl2N2O4S/c24-15-9-7-14(8-10-15)12-20(28)27-11-3-5-18(27)22-26-17(21(32-22)23(29)30)13-31-19-6-2-1-4-16(19)25/h1-2,4,6-10,18H,3,5,11-13H2,(H,29,30)/t18-/m1/s1. The first-order chi connectivity index (χ1) is 15.4. The normalized spacial score (nSPS) is 15.7. The molecular formula is C23H20Cl2N2O4S. The van der Waals surface area contributed by atoms with Crippen molar-refractivity contribution in [3.63, 3.8) is 0 Å². The van der Waals surface area contributed by atoms with Crippen molar-refractivity contribution < 1.29 is 19.4 Å². The molecule has 9 heteroatoms. The van der Waals surface area contributed by atoms with Crippen molar-refractivity contribution in [2.75, 3.05) is 6.54 Å². The predicted molar refractivity (Wildman–Crippen MR) is 124 cm³/mol. The Labute approximate surface area is 199 Å². The molecule has 1 N–H and O–H groups in total. The molecule has 0 spiro atoms. The number of carbonyl (C=O) groups is 2. The summed E-state index contributed by atoms with van der Waals surface area (Å²) in [7, 11) is 0. The molecular weight excluding hydrogens is 471 g/mol. The van der Waals surface area contributed by atoms with Crippen molar-refractivity contribution >= 4 is 46.4 Å². The Bertz CT molecular complexity index is 1130. The van der Waals surface area contributed by atoms with Crippen LogP contribution in [0.2, 0.25) is 10.0 Å². The van der Waals surface area contributed by atoms with Gasteiger partial charge in [-0.3, -0.25) is 4.79 Å². The van der Waals surface area contributed by atoms with Gasteiger partial charge in [0.1, 0.15) is 27.9 Å². The number of rotatable bonds is 7. The van der Waals surface area contributed by atoms with Crippen LogP contribution in [0, 0.1) is 0 Å². The fraction of sp³-hybridized carbons (Fsp3) is 0.261. The summed E-state index contributed by atoms with van der Waals surface area (Å²) < 4.78 is 5.71. The van der Waals surface area contributed by atoms with Crippen molar-refractivity contribution in [1.29, 1.82) is 0 Å². The van der Waals surface area contributed by atoms with E-state index in [1.165, 1.54) is 0 Å². The van der Waals surface area contributed by atoms with E-state index in [9.17, 15) is 14.7 Å². The number of carboxylic acid groups (broad SMARTS) is 1. The molecule has 1 fully saturated rings. The van der Waals surface area contributed by atoms with Gasteiger partial charge in [0.25, 0.3) is 0 Å². The zero-order valence-corrected chi connectivity index (χ0v) is 19.3. The summed E-state index contributed by atoms with van der Waals surface area (Å²) in [6.07, 6.45) is 1.83. The number of para-hydroxylation sites is 1. The molecule has 2 heterocycles. The van der Waals surface area contributed by atoms with Crippen molar-refractivity contribution in [3.05, 3.63) is 79.7 Å². The number of aromatic carboxylic acids is 1. The number of ether oxygens (including phenoxy) is 1. The number of carboxylic acids is 1. The first-order valence-corrected chi connectivity index (χ1v) is 11.6. The first-order valence-electron chi connectivity index (χ1n) is 10.1. The van der Waals surface area contributed by atoms with Gasteiger partial charge in [-0.25, -0.2) is 9.78 Å². The molecule has 4 rings (SSSR count). The summed E-state index contributed by atoms with van der Waals surface area (Å²) in [4.78, 5) is 31.3. The van der Waals surface area contributed by atoms with Gasteiger partial charge >= 0.3 is 5.97 Å². The molecule has 1 aliphatic rings. The average Bonchev–Trinajstić information content (AvgIpc) is 3.42. The van der Waals surface area contributed by atoms with E-state index < -0.39 is 5.97 Å². The number of hydrogen-bond donors (Lipinski definition) is 1. The highest BCUT2D eigenvalue weighted by atomic mass is 35.5.